The van der Waals surface area contributed by atoms with Gasteiger partial charge < -0.3 is 4.90 Å². The van der Waals surface area contributed by atoms with Gasteiger partial charge in [-0.25, -0.2) is 27.5 Å². The smallest absolute Gasteiger partial charge is 0.208 e. The number of rotatable bonds is 4. The molecule has 3 rings (SSSR count). The zero-order chi connectivity index (χ0) is 16.4. The number of aromatic nitrogens is 2. The molecule has 23 heavy (non-hydrogen) atoms. The number of hydrogen-bond donors (Lipinski definition) is 1. The normalized spacial score (nSPS) is 19.2. The molecule has 0 radical (unpaired) electrons. The average Bonchev–Trinajstić information content (AvgIpc) is 2.52. The van der Waals surface area contributed by atoms with Crippen LogP contribution in [0.2, 0.25) is 0 Å². The van der Waals surface area contributed by atoms with Crippen molar-refractivity contribution in [2.75, 3.05) is 30.8 Å². The van der Waals surface area contributed by atoms with Crippen LogP contribution < -0.4 is 9.62 Å². The fourth-order valence-electron chi connectivity index (χ4n) is 2.96. The van der Waals surface area contributed by atoms with E-state index in [1.807, 2.05) is 0 Å². The molecule has 0 saturated carbocycles. The number of sulfonamides is 1. The third-order valence-electron chi connectivity index (χ3n) is 4.03. The highest BCUT2D eigenvalue weighted by molar-refractivity contribution is 7.88. The second-order valence-electron chi connectivity index (χ2n) is 5.93. The zero-order valence-electron chi connectivity index (χ0n) is 12.9. The van der Waals surface area contributed by atoms with E-state index in [0.717, 1.165) is 25.6 Å². The van der Waals surface area contributed by atoms with Crippen LogP contribution in [0, 0.1) is 11.7 Å². The molecule has 1 N–H and O–H groups in total. The molecular weight excluding hydrogens is 319 g/mol. The molecule has 1 atom stereocenters. The Labute approximate surface area is 136 Å². The molecular formula is C15H21FN4O2S. The lowest BCUT2D eigenvalue weighted by molar-refractivity contribution is 0.410. The van der Waals surface area contributed by atoms with E-state index in [1.54, 1.807) is 6.07 Å². The van der Waals surface area contributed by atoms with Crippen LogP contribution in [0.5, 0.6) is 0 Å². The topological polar surface area (TPSA) is 75.2 Å². The molecule has 8 heteroatoms. The molecule has 6 nitrogen and oxygen atoms in total. The van der Waals surface area contributed by atoms with E-state index < -0.39 is 10.0 Å². The van der Waals surface area contributed by atoms with Crippen LogP contribution in [0.25, 0.3) is 10.9 Å². The SMILES string of the molecule is CS(=O)(=O)NCC1CCCN(c2ncnc3ccc(F)cc23)C1.[HH]. The average molecular weight is 340 g/mol. The van der Waals surface area contributed by atoms with Crippen molar-refractivity contribution < 1.29 is 14.2 Å². The van der Waals surface area contributed by atoms with Crippen LogP contribution >= 0.6 is 0 Å². The molecule has 1 unspecified atom stereocenters. The van der Waals surface area contributed by atoms with Gasteiger partial charge in [0.15, 0.2) is 0 Å². The van der Waals surface area contributed by atoms with Gasteiger partial charge in [-0.3, -0.25) is 0 Å². The van der Waals surface area contributed by atoms with E-state index in [4.69, 9.17) is 0 Å². The summed E-state index contributed by atoms with van der Waals surface area (Å²) in [7, 11) is -3.19. The lowest BCUT2D eigenvalue weighted by Gasteiger charge is -2.34. The molecule has 2 aromatic rings. The Morgan fingerprint density at radius 1 is 1.43 bits per heavy atom. The molecule has 1 aliphatic rings. The van der Waals surface area contributed by atoms with Crippen LogP contribution in [0.15, 0.2) is 24.5 Å². The predicted octanol–water partition coefficient (Wildman–Crippen LogP) is 1.78. The van der Waals surface area contributed by atoms with Gasteiger partial charge in [0.25, 0.3) is 0 Å². The zero-order valence-corrected chi connectivity index (χ0v) is 13.7. The molecule has 1 fully saturated rings. The number of halogens is 1. The van der Waals surface area contributed by atoms with Gasteiger partial charge in [0.05, 0.1) is 11.8 Å². The standard InChI is InChI=1S/C15H19FN4O2S.H2/c1-23(21,22)19-8-11-3-2-6-20(9-11)15-13-7-12(16)4-5-14(13)17-10-18-15;/h4-5,7,10-11,19H,2-3,6,8-9H2,1H3;1H. The first-order valence-corrected chi connectivity index (χ1v) is 9.41. The van der Waals surface area contributed by atoms with Crippen molar-refractivity contribution in [3.8, 4) is 0 Å². The maximum absolute atomic E-state index is 13.6. The molecule has 126 valence electrons. The van der Waals surface area contributed by atoms with Gasteiger partial charge >= 0.3 is 0 Å². The maximum atomic E-state index is 13.6. The molecule has 1 aliphatic heterocycles. The highest BCUT2D eigenvalue weighted by atomic mass is 32.2. The van der Waals surface area contributed by atoms with Crippen molar-refractivity contribution >= 4 is 26.7 Å². The fourth-order valence-corrected chi connectivity index (χ4v) is 3.50. The van der Waals surface area contributed by atoms with Gasteiger partial charge in [-0.2, -0.15) is 0 Å². The number of nitrogens with zero attached hydrogens (tertiary/aromatic N) is 3. The third-order valence-corrected chi connectivity index (χ3v) is 4.72. The summed E-state index contributed by atoms with van der Waals surface area (Å²) in [5.41, 5.74) is 0.702. The van der Waals surface area contributed by atoms with Crippen molar-refractivity contribution in [3.63, 3.8) is 0 Å². The van der Waals surface area contributed by atoms with Gasteiger partial charge in [-0.05, 0) is 37.0 Å². The minimum absolute atomic E-state index is 0. The van der Waals surface area contributed by atoms with E-state index >= 15 is 0 Å². The molecule has 0 bridgehead atoms. The summed E-state index contributed by atoms with van der Waals surface area (Å²) in [6.45, 7) is 1.91. The highest BCUT2D eigenvalue weighted by Crippen LogP contribution is 2.27. The van der Waals surface area contributed by atoms with Crippen LogP contribution in [0.1, 0.15) is 14.3 Å². The van der Waals surface area contributed by atoms with Crippen LogP contribution in [0.4, 0.5) is 10.2 Å². The van der Waals surface area contributed by atoms with Gasteiger partial charge in [0.1, 0.15) is 18.0 Å². The third kappa shape index (κ3) is 3.94. The van der Waals surface area contributed by atoms with E-state index in [-0.39, 0.29) is 13.2 Å². The summed E-state index contributed by atoms with van der Waals surface area (Å²) < 4.78 is 38.6. The Morgan fingerprint density at radius 3 is 3.04 bits per heavy atom. The van der Waals surface area contributed by atoms with Gasteiger partial charge in [0, 0.05) is 26.4 Å². The first-order valence-electron chi connectivity index (χ1n) is 7.52. The number of piperidine rings is 1. The molecule has 0 spiro atoms. The number of nitrogens with one attached hydrogen (secondary N) is 1. The summed E-state index contributed by atoms with van der Waals surface area (Å²) in [6, 6.07) is 4.47. The lowest BCUT2D eigenvalue weighted by Crippen LogP contribution is -2.41. The summed E-state index contributed by atoms with van der Waals surface area (Å²) >= 11 is 0. The van der Waals surface area contributed by atoms with Crippen molar-refractivity contribution in [3.05, 3.63) is 30.3 Å². The van der Waals surface area contributed by atoms with Gasteiger partial charge in [0.2, 0.25) is 10.0 Å². The minimum atomic E-state index is -3.19. The Bertz CT molecular complexity index is 818. The van der Waals surface area contributed by atoms with Gasteiger partial charge in [-0.15, -0.1) is 0 Å². The van der Waals surface area contributed by atoms with Crippen molar-refractivity contribution in [1.82, 2.24) is 14.7 Å². The first-order chi connectivity index (χ1) is 10.9. The molecule has 0 amide bonds. The Kier molecular flexibility index (Phi) is 4.45. The molecule has 2 heterocycles. The monoisotopic (exact) mass is 340 g/mol. The quantitative estimate of drug-likeness (QED) is 0.918. The second-order valence-corrected chi connectivity index (χ2v) is 7.77. The van der Waals surface area contributed by atoms with E-state index in [2.05, 4.69) is 19.6 Å². The van der Waals surface area contributed by atoms with Crippen molar-refractivity contribution in [2.45, 2.75) is 12.8 Å². The van der Waals surface area contributed by atoms with Crippen LogP contribution in [0.3, 0.4) is 0 Å². The molecule has 1 saturated heterocycles. The molecule has 1 aromatic heterocycles. The van der Waals surface area contributed by atoms with Crippen LogP contribution in [-0.2, 0) is 10.0 Å². The molecule has 1 aromatic carbocycles. The van der Waals surface area contributed by atoms with E-state index in [0.29, 0.717) is 29.8 Å². The fraction of sp³-hybridized carbons (Fsp3) is 0.467. The van der Waals surface area contributed by atoms with Gasteiger partial charge in [-0.1, -0.05) is 0 Å². The highest BCUT2D eigenvalue weighted by Gasteiger charge is 2.23. The number of benzene rings is 1. The number of fused-ring (bicyclic) bond motifs is 1. The Hall–Kier alpha value is -1.80. The van der Waals surface area contributed by atoms with Crippen LogP contribution in [-0.4, -0.2) is 44.3 Å². The first kappa shape index (κ1) is 16.1. The Balaban J connectivity index is 0.00000208. The molecule has 0 aliphatic carbocycles. The second kappa shape index (κ2) is 6.37. The predicted molar refractivity (Wildman–Crippen MR) is 89.4 cm³/mol. The van der Waals surface area contributed by atoms with E-state index in [9.17, 15) is 12.8 Å². The number of anilines is 1. The maximum Gasteiger partial charge on any atom is 0.208 e. The summed E-state index contributed by atoms with van der Waals surface area (Å²) in [5.74, 6) is 0.594. The largest absolute Gasteiger partial charge is 0.356 e. The number of hydrogen-bond acceptors (Lipinski definition) is 5. The summed E-state index contributed by atoms with van der Waals surface area (Å²) in [6.07, 6.45) is 4.54. The minimum Gasteiger partial charge on any atom is -0.356 e. The summed E-state index contributed by atoms with van der Waals surface area (Å²) in [5, 5.41) is 0.684. The van der Waals surface area contributed by atoms with Crippen molar-refractivity contribution in [1.29, 1.82) is 0 Å². The summed E-state index contributed by atoms with van der Waals surface area (Å²) in [4.78, 5) is 10.6. The Morgan fingerprint density at radius 2 is 2.26 bits per heavy atom. The lowest BCUT2D eigenvalue weighted by atomic mass is 9.98. The van der Waals surface area contributed by atoms with Crippen molar-refractivity contribution in [2.24, 2.45) is 5.92 Å². The van der Waals surface area contributed by atoms with E-state index in [1.165, 1.54) is 18.5 Å².